The SMILES string of the molecule is CN(C)CCOc1cc[c]c(N)c1. The lowest BCUT2D eigenvalue weighted by Gasteiger charge is -2.10. The van der Waals surface area contributed by atoms with E-state index in [2.05, 4.69) is 11.0 Å². The molecule has 1 radical (unpaired) electrons. The van der Waals surface area contributed by atoms with Gasteiger partial charge in [0.05, 0.1) is 0 Å². The van der Waals surface area contributed by atoms with Crippen LogP contribution in [0, 0.1) is 6.07 Å². The van der Waals surface area contributed by atoms with E-state index in [9.17, 15) is 0 Å². The summed E-state index contributed by atoms with van der Waals surface area (Å²) in [5.74, 6) is 0.804. The molecule has 1 aromatic rings. The van der Waals surface area contributed by atoms with Crippen LogP contribution in [0.1, 0.15) is 0 Å². The van der Waals surface area contributed by atoms with E-state index >= 15 is 0 Å². The van der Waals surface area contributed by atoms with Gasteiger partial charge in [-0.1, -0.05) is 0 Å². The quantitative estimate of drug-likeness (QED) is 0.701. The van der Waals surface area contributed by atoms with Gasteiger partial charge >= 0.3 is 0 Å². The van der Waals surface area contributed by atoms with Gasteiger partial charge < -0.3 is 15.4 Å². The topological polar surface area (TPSA) is 38.5 Å². The van der Waals surface area contributed by atoms with Gasteiger partial charge in [-0.3, -0.25) is 0 Å². The monoisotopic (exact) mass is 179 g/mol. The summed E-state index contributed by atoms with van der Waals surface area (Å²) in [4.78, 5) is 2.07. The van der Waals surface area contributed by atoms with Gasteiger partial charge in [0.25, 0.3) is 0 Å². The van der Waals surface area contributed by atoms with Crippen LogP contribution in [-0.4, -0.2) is 32.1 Å². The number of rotatable bonds is 4. The highest BCUT2D eigenvalue weighted by molar-refractivity contribution is 5.42. The van der Waals surface area contributed by atoms with Crippen molar-refractivity contribution in [1.29, 1.82) is 0 Å². The fourth-order valence-corrected chi connectivity index (χ4v) is 0.899. The minimum absolute atomic E-state index is 0.613. The third-order valence-electron chi connectivity index (χ3n) is 1.60. The number of nitrogens with two attached hydrogens (primary N) is 1. The molecule has 0 saturated heterocycles. The second-order valence-electron chi connectivity index (χ2n) is 3.13. The summed E-state index contributed by atoms with van der Waals surface area (Å²) in [6, 6.07) is 8.25. The molecule has 0 aliphatic heterocycles. The highest BCUT2D eigenvalue weighted by Gasteiger charge is 1.94. The van der Waals surface area contributed by atoms with Crippen molar-refractivity contribution in [3.63, 3.8) is 0 Å². The fourth-order valence-electron chi connectivity index (χ4n) is 0.899. The largest absolute Gasteiger partial charge is 0.492 e. The first-order valence-electron chi connectivity index (χ1n) is 4.23. The molecule has 0 aromatic heterocycles. The van der Waals surface area contributed by atoms with Gasteiger partial charge in [0.2, 0.25) is 0 Å². The van der Waals surface area contributed by atoms with Crippen LogP contribution in [0.25, 0.3) is 0 Å². The lowest BCUT2D eigenvalue weighted by atomic mass is 10.3. The number of nitrogen functional groups attached to an aromatic ring is 1. The first kappa shape index (κ1) is 9.86. The van der Waals surface area contributed by atoms with E-state index < -0.39 is 0 Å². The molecule has 0 fully saturated rings. The molecular weight excluding hydrogens is 164 g/mol. The molecule has 0 bridgehead atoms. The number of benzene rings is 1. The fraction of sp³-hybridized carbons (Fsp3) is 0.400. The van der Waals surface area contributed by atoms with Gasteiger partial charge in [-0.2, -0.15) is 0 Å². The lowest BCUT2D eigenvalue weighted by molar-refractivity contribution is 0.261. The molecule has 3 nitrogen and oxygen atoms in total. The zero-order chi connectivity index (χ0) is 9.68. The molecule has 0 amide bonds. The van der Waals surface area contributed by atoms with Crippen LogP contribution in [-0.2, 0) is 0 Å². The number of hydrogen-bond donors (Lipinski definition) is 1. The molecule has 1 aromatic carbocycles. The Hall–Kier alpha value is -1.22. The van der Waals surface area contributed by atoms with E-state index in [1.54, 1.807) is 12.1 Å². The molecule has 1 rings (SSSR count). The highest BCUT2D eigenvalue weighted by Crippen LogP contribution is 2.13. The van der Waals surface area contributed by atoms with Crippen molar-refractivity contribution in [3.8, 4) is 5.75 Å². The van der Waals surface area contributed by atoms with Crippen LogP contribution < -0.4 is 10.5 Å². The average Bonchev–Trinajstić information content (AvgIpc) is 2.03. The second kappa shape index (κ2) is 4.72. The van der Waals surface area contributed by atoms with Gasteiger partial charge in [0.1, 0.15) is 12.4 Å². The maximum atomic E-state index is 5.54. The predicted octanol–water partition coefficient (Wildman–Crippen LogP) is 1.01. The summed E-state index contributed by atoms with van der Waals surface area (Å²) >= 11 is 0. The smallest absolute Gasteiger partial charge is 0.121 e. The number of nitrogens with zero attached hydrogens (tertiary/aromatic N) is 1. The molecule has 0 unspecified atom stereocenters. The predicted molar refractivity (Wildman–Crippen MR) is 53.7 cm³/mol. The van der Waals surface area contributed by atoms with Gasteiger partial charge in [0.15, 0.2) is 0 Å². The summed E-state index contributed by atoms with van der Waals surface area (Å²) in [7, 11) is 4.02. The molecule has 0 aliphatic carbocycles. The Kier molecular flexibility index (Phi) is 3.58. The average molecular weight is 179 g/mol. The Balaban J connectivity index is 2.37. The minimum Gasteiger partial charge on any atom is -0.492 e. The number of ether oxygens (including phenoxy) is 1. The molecule has 0 saturated carbocycles. The number of likely N-dealkylation sites (N-methyl/N-ethyl adjacent to an activating group) is 1. The van der Waals surface area contributed by atoms with Crippen molar-refractivity contribution in [2.75, 3.05) is 33.0 Å². The summed E-state index contributed by atoms with van der Waals surface area (Å²) in [6.45, 7) is 1.58. The first-order chi connectivity index (χ1) is 6.18. The van der Waals surface area contributed by atoms with Crippen molar-refractivity contribution >= 4 is 5.69 Å². The van der Waals surface area contributed by atoms with Crippen LogP contribution in [0.5, 0.6) is 5.75 Å². The van der Waals surface area contributed by atoms with Crippen LogP contribution in [0.4, 0.5) is 5.69 Å². The molecule has 71 valence electrons. The maximum absolute atomic E-state index is 5.54. The van der Waals surface area contributed by atoms with Crippen molar-refractivity contribution in [2.45, 2.75) is 0 Å². The lowest BCUT2D eigenvalue weighted by Crippen LogP contribution is -2.19. The van der Waals surface area contributed by atoms with E-state index in [4.69, 9.17) is 10.5 Å². The van der Waals surface area contributed by atoms with E-state index in [0.717, 1.165) is 12.3 Å². The highest BCUT2D eigenvalue weighted by atomic mass is 16.5. The Morgan fingerprint density at radius 3 is 2.92 bits per heavy atom. The van der Waals surface area contributed by atoms with E-state index in [1.165, 1.54) is 0 Å². The van der Waals surface area contributed by atoms with E-state index in [-0.39, 0.29) is 0 Å². The number of hydrogen-bond acceptors (Lipinski definition) is 3. The summed E-state index contributed by atoms with van der Waals surface area (Å²) in [6.07, 6.45) is 0. The van der Waals surface area contributed by atoms with E-state index in [1.807, 2.05) is 20.2 Å². The maximum Gasteiger partial charge on any atom is 0.121 e. The Bertz CT molecular complexity index is 261. The molecule has 0 spiro atoms. The van der Waals surface area contributed by atoms with Gasteiger partial charge in [0, 0.05) is 24.4 Å². The van der Waals surface area contributed by atoms with E-state index in [0.29, 0.717) is 12.3 Å². The van der Waals surface area contributed by atoms with Crippen molar-refractivity contribution in [3.05, 3.63) is 24.3 Å². The van der Waals surface area contributed by atoms with Crippen molar-refractivity contribution in [1.82, 2.24) is 4.90 Å². The standard InChI is InChI=1S/C10H15N2O/c1-12(2)6-7-13-10-5-3-4-9(11)8-10/h3,5,8H,6-7,11H2,1-2H3. The third kappa shape index (κ3) is 3.80. The second-order valence-corrected chi connectivity index (χ2v) is 3.13. The van der Waals surface area contributed by atoms with Crippen LogP contribution >= 0.6 is 0 Å². The third-order valence-corrected chi connectivity index (χ3v) is 1.60. The summed E-state index contributed by atoms with van der Waals surface area (Å²) in [5.41, 5.74) is 6.16. The molecule has 0 aliphatic rings. The Morgan fingerprint density at radius 2 is 2.31 bits per heavy atom. The summed E-state index contributed by atoms with van der Waals surface area (Å²) < 4.78 is 5.46. The molecule has 13 heavy (non-hydrogen) atoms. The van der Waals surface area contributed by atoms with Crippen molar-refractivity contribution < 1.29 is 4.74 Å². The van der Waals surface area contributed by atoms with Gasteiger partial charge in [-0.25, -0.2) is 0 Å². The zero-order valence-corrected chi connectivity index (χ0v) is 8.08. The normalized spacial score (nSPS) is 10.4. The Labute approximate surface area is 79.1 Å². The first-order valence-corrected chi connectivity index (χ1v) is 4.23. The minimum atomic E-state index is 0.613. The number of anilines is 1. The van der Waals surface area contributed by atoms with Crippen LogP contribution in [0.15, 0.2) is 18.2 Å². The Morgan fingerprint density at radius 1 is 1.54 bits per heavy atom. The van der Waals surface area contributed by atoms with Crippen LogP contribution in [0.3, 0.4) is 0 Å². The molecule has 2 N–H and O–H groups in total. The van der Waals surface area contributed by atoms with Crippen molar-refractivity contribution in [2.24, 2.45) is 0 Å². The molecular formula is C10H15N2O. The zero-order valence-electron chi connectivity index (χ0n) is 8.08. The molecule has 0 atom stereocenters. The van der Waals surface area contributed by atoms with Crippen LogP contribution in [0.2, 0.25) is 0 Å². The molecule has 3 heteroatoms. The summed E-state index contributed by atoms with van der Waals surface area (Å²) in [5, 5.41) is 0. The van der Waals surface area contributed by atoms with Gasteiger partial charge in [-0.15, -0.1) is 0 Å². The molecule has 0 heterocycles. The van der Waals surface area contributed by atoms with Gasteiger partial charge in [-0.05, 0) is 26.2 Å².